The van der Waals surface area contributed by atoms with Gasteiger partial charge in [-0.25, -0.2) is 0 Å². The quantitative estimate of drug-likeness (QED) is 0.772. The van der Waals surface area contributed by atoms with E-state index in [0.29, 0.717) is 5.92 Å². The first kappa shape index (κ1) is 13.6. The van der Waals surface area contributed by atoms with Gasteiger partial charge in [-0.15, -0.1) is 0 Å². The van der Waals surface area contributed by atoms with Crippen LogP contribution in [0, 0.1) is 30.6 Å². The summed E-state index contributed by atoms with van der Waals surface area (Å²) >= 11 is 0. The molecule has 0 saturated heterocycles. The third kappa shape index (κ3) is 1.49. The zero-order valence-electron chi connectivity index (χ0n) is 12.7. The molecule has 19 heavy (non-hydrogen) atoms. The van der Waals surface area contributed by atoms with Crippen LogP contribution in [0.4, 0.5) is 0 Å². The van der Waals surface area contributed by atoms with Gasteiger partial charge in [0.2, 0.25) is 0 Å². The molecule has 1 aromatic rings. The second-order valence-corrected chi connectivity index (χ2v) is 8.51. The highest BCUT2D eigenvalue weighted by molar-refractivity contribution is 7.30. The Labute approximate surface area is 118 Å². The SMILES string of the molecule is Cc1cpc([C@@]2(O)C[C@H]3CC[C@]2(C)C3(C)C)cc1C. The third-order valence-electron chi connectivity index (χ3n) is 6.69. The fourth-order valence-corrected chi connectivity index (χ4v) is 5.87. The standard InChI is InChI=1S/C17H25OP/c1-11-8-14(19-10-12(11)2)17(18)9-13-6-7-16(17,5)15(13,3)4/h8,10,13,18H,6-7,9H2,1-5H3/t13-,16-,17+/m1/s1. The Bertz CT molecular complexity index is 536. The van der Waals surface area contributed by atoms with Crippen LogP contribution in [0.3, 0.4) is 0 Å². The lowest BCUT2D eigenvalue weighted by molar-refractivity contribution is -0.0930. The van der Waals surface area contributed by atoms with Crippen molar-refractivity contribution in [3.05, 3.63) is 28.3 Å². The van der Waals surface area contributed by atoms with E-state index in [1.807, 2.05) is 0 Å². The monoisotopic (exact) mass is 276 g/mol. The van der Waals surface area contributed by atoms with Gasteiger partial charge in [0.15, 0.2) is 0 Å². The summed E-state index contributed by atoms with van der Waals surface area (Å²) < 4.78 is 0. The average Bonchev–Trinajstić information content (AvgIpc) is 2.64. The number of hydrogen-bond acceptors (Lipinski definition) is 1. The van der Waals surface area contributed by atoms with Crippen molar-refractivity contribution in [2.24, 2.45) is 16.7 Å². The van der Waals surface area contributed by atoms with Crippen molar-refractivity contribution in [2.45, 2.75) is 59.5 Å². The van der Waals surface area contributed by atoms with E-state index in [4.69, 9.17) is 0 Å². The van der Waals surface area contributed by atoms with Gasteiger partial charge in [0.25, 0.3) is 0 Å². The molecule has 0 unspecified atom stereocenters. The average molecular weight is 276 g/mol. The molecule has 1 nitrogen and oxygen atoms in total. The molecule has 2 fully saturated rings. The molecule has 2 bridgehead atoms. The topological polar surface area (TPSA) is 20.2 Å². The van der Waals surface area contributed by atoms with Gasteiger partial charge in [0.05, 0.1) is 5.60 Å². The molecule has 0 aromatic carbocycles. The van der Waals surface area contributed by atoms with E-state index in [9.17, 15) is 5.11 Å². The van der Waals surface area contributed by atoms with Crippen LogP contribution in [0.15, 0.2) is 11.9 Å². The van der Waals surface area contributed by atoms with Gasteiger partial charge in [-0.1, -0.05) is 29.0 Å². The fraction of sp³-hybridized carbons (Fsp3) is 0.706. The van der Waals surface area contributed by atoms with Crippen molar-refractivity contribution in [3.8, 4) is 0 Å². The highest BCUT2D eigenvalue weighted by atomic mass is 31.0. The third-order valence-corrected chi connectivity index (χ3v) is 7.98. The fourth-order valence-electron chi connectivity index (χ4n) is 4.51. The summed E-state index contributed by atoms with van der Waals surface area (Å²) in [6.07, 6.45) is 3.40. The van der Waals surface area contributed by atoms with Crippen molar-refractivity contribution in [3.63, 3.8) is 0 Å². The summed E-state index contributed by atoms with van der Waals surface area (Å²) in [6, 6.07) is 2.25. The number of aliphatic hydroxyl groups is 1. The molecule has 2 aliphatic rings. The Balaban J connectivity index is 2.12. The maximum Gasteiger partial charge on any atom is 0.0999 e. The normalized spacial score (nSPS) is 40.2. The molecule has 0 spiro atoms. The van der Waals surface area contributed by atoms with Gasteiger partial charge in [0, 0.05) is 10.7 Å². The highest BCUT2D eigenvalue weighted by Crippen LogP contribution is 2.73. The van der Waals surface area contributed by atoms with Crippen LogP contribution in [-0.4, -0.2) is 5.11 Å². The van der Waals surface area contributed by atoms with Gasteiger partial charge in [0.1, 0.15) is 0 Å². The highest BCUT2D eigenvalue weighted by Gasteiger charge is 2.68. The Morgan fingerprint density at radius 2 is 1.89 bits per heavy atom. The minimum absolute atomic E-state index is 0.0306. The molecule has 2 aliphatic carbocycles. The number of aryl methyl sites for hydroxylation is 2. The van der Waals surface area contributed by atoms with Crippen molar-refractivity contribution in [2.75, 3.05) is 0 Å². The van der Waals surface area contributed by atoms with Crippen LogP contribution in [0.5, 0.6) is 0 Å². The minimum atomic E-state index is -0.598. The molecular formula is C17H25OP. The lowest BCUT2D eigenvalue weighted by Crippen LogP contribution is -2.44. The van der Waals surface area contributed by atoms with E-state index in [2.05, 4.69) is 46.5 Å². The summed E-state index contributed by atoms with van der Waals surface area (Å²) in [5, 5.41) is 12.7. The van der Waals surface area contributed by atoms with Crippen LogP contribution in [0.2, 0.25) is 0 Å². The summed E-state index contributed by atoms with van der Waals surface area (Å²) in [4.78, 5) is 0. The molecule has 2 saturated carbocycles. The summed E-state index contributed by atoms with van der Waals surface area (Å²) in [5.41, 5.74) is 2.35. The molecular weight excluding hydrogens is 251 g/mol. The van der Waals surface area contributed by atoms with Gasteiger partial charge in [-0.3, -0.25) is 0 Å². The van der Waals surface area contributed by atoms with E-state index < -0.39 is 5.60 Å². The molecule has 2 heteroatoms. The molecule has 0 amide bonds. The van der Waals surface area contributed by atoms with Gasteiger partial charge in [-0.2, -0.15) is 0 Å². The number of rotatable bonds is 1. The number of fused-ring (bicyclic) bond motifs is 2. The van der Waals surface area contributed by atoms with E-state index in [1.165, 1.54) is 31.0 Å². The Morgan fingerprint density at radius 1 is 1.21 bits per heavy atom. The largest absolute Gasteiger partial charge is 0.384 e. The summed E-state index contributed by atoms with van der Waals surface area (Å²) in [5.74, 6) is 2.93. The van der Waals surface area contributed by atoms with E-state index >= 15 is 0 Å². The van der Waals surface area contributed by atoms with Crippen LogP contribution in [0.25, 0.3) is 0 Å². The van der Waals surface area contributed by atoms with Crippen molar-refractivity contribution in [1.29, 1.82) is 0 Å². The summed E-state index contributed by atoms with van der Waals surface area (Å²) in [6.45, 7) is 11.4. The van der Waals surface area contributed by atoms with Crippen LogP contribution >= 0.6 is 8.19 Å². The summed E-state index contributed by atoms with van der Waals surface area (Å²) in [7, 11) is 1.20. The Kier molecular flexibility index (Phi) is 2.74. The maximum absolute atomic E-state index is 11.5. The van der Waals surface area contributed by atoms with Gasteiger partial charge in [-0.05, 0) is 67.4 Å². The lowest BCUT2D eigenvalue weighted by Gasteiger charge is -2.45. The van der Waals surface area contributed by atoms with Crippen molar-refractivity contribution in [1.82, 2.24) is 0 Å². The smallest absolute Gasteiger partial charge is 0.0999 e. The molecule has 3 atom stereocenters. The van der Waals surface area contributed by atoms with E-state index in [-0.39, 0.29) is 10.8 Å². The predicted octanol–water partition coefficient (Wildman–Crippen LogP) is 4.92. The molecule has 3 rings (SSSR count). The zero-order valence-corrected chi connectivity index (χ0v) is 13.6. The van der Waals surface area contributed by atoms with Crippen molar-refractivity contribution >= 4 is 8.19 Å². The minimum Gasteiger partial charge on any atom is -0.384 e. The molecule has 1 aromatic heterocycles. The first-order valence-corrected chi connectivity index (χ1v) is 8.35. The van der Waals surface area contributed by atoms with Crippen LogP contribution in [0.1, 0.15) is 56.5 Å². The molecule has 1 N–H and O–H groups in total. The molecule has 104 valence electrons. The van der Waals surface area contributed by atoms with Gasteiger partial charge >= 0.3 is 0 Å². The first-order valence-electron chi connectivity index (χ1n) is 7.38. The van der Waals surface area contributed by atoms with E-state index in [1.54, 1.807) is 0 Å². The zero-order chi connectivity index (χ0) is 14.1. The first-order chi connectivity index (χ1) is 8.72. The second-order valence-electron chi connectivity index (χ2n) is 7.51. The lowest BCUT2D eigenvalue weighted by atomic mass is 9.64. The Hall–Kier alpha value is -0.390. The molecule has 0 aliphatic heterocycles. The Morgan fingerprint density at radius 3 is 2.37 bits per heavy atom. The molecule has 0 radical (unpaired) electrons. The van der Waals surface area contributed by atoms with Gasteiger partial charge < -0.3 is 5.11 Å². The van der Waals surface area contributed by atoms with Crippen LogP contribution in [-0.2, 0) is 5.60 Å². The van der Waals surface area contributed by atoms with Crippen molar-refractivity contribution < 1.29 is 5.11 Å². The predicted molar refractivity (Wildman–Crippen MR) is 81.6 cm³/mol. The molecule has 1 heterocycles. The maximum atomic E-state index is 11.5. The second kappa shape index (κ2) is 3.83. The van der Waals surface area contributed by atoms with Crippen LogP contribution < -0.4 is 0 Å². The van der Waals surface area contributed by atoms with E-state index in [0.717, 1.165) is 12.8 Å². The number of hydrogen-bond donors (Lipinski definition) is 1.